The topological polar surface area (TPSA) is 84.0 Å². The standard InChI is InChI=1S/C20H16N4O2/c1-3-4-12-6-8-14(22-10-12)18-16-15(19(25)24-18)17(23-20(16)26)13-7-5-11(2)9-21-13/h3-10H,1-2H3,(H,23,26)(H,24,25)/b4-3+. The van der Waals surface area contributed by atoms with E-state index in [-0.39, 0.29) is 11.8 Å². The van der Waals surface area contributed by atoms with Crippen molar-refractivity contribution in [1.82, 2.24) is 20.6 Å². The molecule has 2 aliphatic heterocycles. The molecule has 0 unspecified atom stereocenters. The van der Waals surface area contributed by atoms with Gasteiger partial charge in [-0.05, 0) is 37.1 Å². The molecule has 26 heavy (non-hydrogen) atoms. The Morgan fingerprint density at radius 3 is 1.88 bits per heavy atom. The number of nitrogens with one attached hydrogen (secondary N) is 2. The Bertz CT molecular complexity index is 1010. The lowest BCUT2D eigenvalue weighted by atomic mass is 10.1. The number of nitrogens with zero attached hydrogens (tertiary/aromatic N) is 2. The second-order valence-electron chi connectivity index (χ2n) is 6.11. The number of aromatic nitrogens is 2. The molecule has 0 aliphatic carbocycles. The lowest BCUT2D eigenvalue weighted by Gasteiger charge is -2.06. The van der Waals surface area contributed by atoms with Crippen LogP contribution in [0.25, 0.3) is 17.5 Å². The lowest BCUT2D eigenvalue weighted by molar-refractivity contribution is -0.117. The molecule has 0 fully saturated rings. The number of carbonyl (C=O) groups is 2. The molecule has 0 spiro atoms. The summed E-state index contributed by atoms with van der Waals surface area (Å²) < 4.78 is 0. The molecule has 128 valence electrons. The van der Waals surface area contributed by atoms with Gasteiger partial charge in [-0.15, -0.1) is 0 Å². The molecular weight excluding hydrogens is 328 g/mol. The molecule has 6 heteroatoms. The first-order chi connectivity index (χ1) is 12.6. The van der Waals surface area contributed by atoms with Gasteiger partial charge in [0.1, 0.15) is 0 Å². The van der Waals surface area contributed by atoms with E-state index >= 15 is 0 Å². The Morgan fingerprint density at radius 2 is 1.42 bits per heavy atom. The maximum Gasteiger partial charge on any atom is 0.258 e. The van der Waals surface area contributed by atoms with Crippen molar-refractivity contribution in [3.05, 3.63) is 76.4 Å². The molecule has 2 aliphatic rings. The average Bonchev–Trinajstić information content (AvgIpc) is 3.16. The fourth-order valence-corrected chi connectivity index (χ4v) is 3.03. The van der Waals surface area contributed by atoms with Crippen LogP contribution in [0.4, 0.5) is 0 Å². The molecular formula is C20H16N4O2. The van der Waals surface area contributed by atoms with Crippen molar-refractivity contribution >= 4 is 29.3 Å². The van der Waals surface area contributed by atoms with Crippen molar-refractivity contribution in [2.45, 2.75) is 13.8 Å². The Morgan fingerprint density at radius 1 is 0.846 bits per heavy atom. The molecule has 2 amide bonds. The van der Waals surface area contributed by atoms with E-state index in [2.05, 4.69) is 20.6 Å². The summed E-state index contributed by atoms with van der Waals surface area (Å²) in [6.07, 6.45) is 7.25. The summed E-state index contributed by atoms with van der Waals surface area (Å²) >= 11 is 0. The van der Waals surface area contributed by atoms with E-state index in [0.717, 1.165) is 11.1 Å². The van der Waals surface area contributed by atoms with Gasteiger partial charge in [-0.3, -0.25) is 19.6 Å². The summed E-state index contributed by atoms with van der Waals surface area (Å²) in [6.45, 7) is 3.85. The number of hydrogen-bond donors (Lipinski definition) is 2. The molecule has 0 aromatic carbocycles. The van der Waals surface area contributed by atoms with E-state index in [4.69, 9.17) is 0 Å². The summed E-state index contributed by atoms with van der Waals surface area (Å²) in [6, 6.07) is 7.35. The summed E-state index contributed by atoms with van der Waals surface area (Å²) in [5.41, 5.74) is 4.55. The van der Waals surface area contributed by atoms with Crippen molar-refractivity contribution in [2.24, 2.45) is 0 Å². The largest absolute Gasteiger partial charge is 0.319 e. The van der Waals surface area contributed by atoms with Gasteiger partial charge in [0.2, 0.25) is 0 Å². The van der Waals surface area contributed by atoms with Crippen LogP contribution >= 0.6 is 0 Å². The van der Waals surface area contributed by atoms with Crippen molar-refractivity contribution in [1.29, 1.82) is 0 Å². The molecule has 0 saturated heterocycles. The predicted octanol–water partition coefficient (Wildman–Crippen LogP) is 2.20. The van der Waals surface area contributed by atoms with Crippen LogP contribution in [-0.2, 0) is 9.59 Å². The Labute approximate surface area is 150 Å². The summed E-state index contributed by atoms with van der Waals surface area (Å²) in [5, 5.41) is 5.55. The van der Waals surface area contributed by atoms with E-state index in [1.165, 1.54) is 0 Å². The first-order valence-corrected chi connectivity index (χ1v) is 8.22. The molecule has 0 radical (unpaired) electrons. The van der Waals surface area contributed by atoms with Crippen molar-refractivity contribution in [3.8, 4) is 0 Å². The SMILES string of the molecule is C/C=C/c1ccc(C2=C3C(=O)NC(c4ccc(C)cn4)=C3C(=O)N2)nc1. The smallest absolute Gasteiger partial charge is 0.258 e. The summed E-state index contributed by atoms with van der Waals surface area (Å²) in [4.78, 5) is 33.8. The highest BCUT2D eigenvalue weighted by Gasteiger charge is 2.41. The van der Waals surface area contributed by atoms with Gasteiger partial charge >= 0.3 is 0 Å². The molecule has 0 saturated carbocycles. The van der Waals surface area contributed by atoms with Crippen LogP contribution in [0.5, 0.6) is 0 Å². The average molecular weight is 344 g/mol. The van der Waals surface area contributed by atoms with Crippen LogP contribution in [0.2, 0.25) is 0 Å². The number of fused-ring (bicyclic) bond motifs is 1. The Kier molecular flexibility index (Phi) is 3.73. The van der Waals surface area contributed by atoms with E-state index in [9.17, 15) is 9.59 Å². The minimum Gasteiger partial charge on any atom is -0.319 e. The van der Waals surface area contributed by atoms with Gasteiger partial charge in [-0.25, -0.2) is 0 Å². The van der Waals surface area contributed by atoms with Crippen molar-refractivity contribution in [3.63, 3.8) is 0 Å². The third kappa shape index (κ3) is 2.52. The van der Waals surface area contributed by atoms with Gasteiger partial charge in [0, 0.05) is 12.4 Å². The zero-order valence-corrected chi connectivity index (χ0v) is 14.3. The highest BCUT2D eigenvalue weighted by Crippen LogP contribution is 2.36. The fourth-order valence-electron chi connectivity index (χ4n) is 3.03. The molecule has 2 N–H and O–H groups in total. The lowest BCUT2D eigenvalue weighted by Crippen LogP contribution is -2.22. The van der Waals surface area contributed by atoms with Crippen LogP contribution in [0.1, 0.15) is 29.4 Å². The van der Waals surface area contributed by atoms with Crippen LogP contribution < -0.4 is 10.6 Å². The minimum atomic E-state index is -0.329. The van der Waals surface area contributed by atoms with Gasteiger partial charge in [0.05, 0.1) is 33.9 Å². The molecule has 4 rings (SSSR count). The molecule has 2 aromatic heterocycles. The van der Waals surface area contributed by atoms with Gasteiger partial charge in [0.25, 0.3) is 11.8 Å². The number of aryl methyl sites for hydroxylation is 1. The van der Waals surface area contributed by atoms with E-state index < -0.39 is 0 Å². The quantitative estimate of drug-likeness (QED) is 0.894. The third-order valence-corrected chi connectivity index (χ3v) is 4.25. The van der Waals surface area contributed by atoms with Gasteiger partial charge in [-0.2, -0.15) is 0 Å². The number of carbonyl (C=O) groups excluding carboxylic acids is 2. The number of pyridine rings is 2. The minimum absolute atomic E-state index is 0.318. The van der Waals surface area contributed by atoms with Gasteiger partial charge in [0.15, 0.2) is 0 Å². The van der Waals surface area contributed by atoms with E-state index in [1.54, 1.807) is 24.5 Å². The first kappa shape index (κ1) is 16.0. The molecule has 0 bridgehead atoms. The normalized spacial score (nSPS) is 16.4. The van der Waals surface area contributed by atoms with Crippen LogP contribution in [-0.4, -0.2) is 21.8 Å². The summed E-state index contributed by atoms with van der Waals surface area (Å²) in [7, 11) is 0. The summed E-state index contributed by atoms with van der Waals surface area (Å²) in [5.74, 6) is -0.657. The second-order valence-corrected chi connectivity index (χ2v) is 6.11. The van der Waals surface area contributed by atoms with E-state index in [1.807, 2.05) is 38.1 Å². The maximum absolute atomic E-state index is 12.5. The zero-order chi connectivity index (χ0) is 18.3. The monoisotopic (exact) mass is 344 g/mol. The maximum atomic E-state index is 12.5. The Balaban J connectivity index is 1.82. The number of allylic oxidation sites excluding steroid dienone is 1. The van der Waals surface area contributed by atoms with Gasteiger partial charge < -0.3 is 10.6 Å². The molecule has 6 nitrogen and oxygen atoms in total. The number of hydrogen-bond acceptors (Lipinski definition) is 4. The first-order valence-electron chi connectivity index (χ1n) is 8.22. The van der Waals surface area contributed by atoms with Crippen molar-refractivity contribution < 1.29 is 9.59 Å². The number of amides is 2. The van der Waals surface area contributed by atoms with Crippen molar-refractivity contribution in [2.75, 3.05) is 0 Å². The Hall–Kier alpha value is -3.54. The van der Waals surface area contributed by atoms with Gasteiger partial charge in [-0.1, -0.05) is 24.3 Å². The zero-order valence-electron chi connectivity index (χ0n) is 14.3. The predicted molar refractivity (Wildman–Crippen MR) is 98.0 cm³/mol. The number of rotatable bonds is 3. The molecule has 4 heterocycles. The third-order valence-electron chi connectivity index (χ3n) is 4.25. The van der Waals surface area contributed by atoms with Crippen LogP contribution in [0.3, 0.4) is 0 Å². The van der Waals surface area contributed by atoms with Crippen LogP contribution in [0.15, 0.2) is 53.9 Å². The van der Waals surface area contributed by atoms with Crippen LogP contribution in [0, 0.1) is 6.92 Å². The second kappa shape index (κ2) is 6.07. The van der Waals surface area contributed by atoms with E-state index in [0.29, 0.717) is 33.9 Å². The fraction of sp³-hybridized carbons (Fsp3) is 0.100. The molecule has 2 aromatic rings. The highest BCUT2D eigenvalue weighted by atomic mass is 16.2. The molecule has 0 atom stereocenters. The highest BCUT2D eigenvalue weighted by molar-refractivity contribution is 6.30.